The van der Waals surface area contributed by atoms with Gasteiger partial charge in [0.15, 0.2) is 17.1 Å². The number of ether oxygens (including phenoxy) is 3. The van der Waals surface area contributed by atoms with E-state index in [4.69, 9.17) is 14.2 Å². The van der Waals surface area contributed by atoms with Crippen molar-refractivity contribution in [2.24, 2.45) is 0 Å². The van der Waals surface area contributed by atoms with Crippen LogP contribution in [0.5, 0.6) is 23.0 Å². The number of hydrogen-bond acceptors (Lipinski definition) is 10. The minimum atomic E-state index is -1.21. The Morgan fingerprint density at radius 1 is 1.07 bits per heavy atom. The number of aliphatic hydroxyl groups is 1. The lowest BCUT2D eigenvalue weighted by atomic mass is 9.96. The van der Waals surface area contributed by atoms with Gasteiger partial charge in [-0.05, 0) is 50.3 Å². The number of carbonyl (C=O) groups is 1. The van der Waals surface area contributed by atoms with E-state index in [9.17, 15) is 9.90 Å². The summed E-state index contributed by atoms with van der Waals surface area (Å²) in [5, 5.41) is 19.2. The molecular weight excluding hydrogens is 538 g/mol. The number of methoxy groups -OCH3 is 1. The third-order valence-electron chi connectivity index (χ3n) is 6.94. The van der Waals surface area contributed by atoms with Gasteiger partial charge in [0.05, 0.1) is 31.3 Å². The monoisotopic (exact) mass is 567 g/mol. The second-order valence-corrected chi connectivity index (χ2v) is 10.3. The van der Waals surface area contributed by atoms with Crippen molar-refractivity contribution in [3.63, 3.8) is 0 Å². The van der Waals surface area contributed by atoms with Crippen molar-refractivity contribution in [3.05, 3.63) is 79.5 Å². The summed E-state index contributed by atoms with van der Waals surface area (Å²) in [6.07, 6.45) is 5.80. The zero-order chi connectivity index (χ0) is 29.4. The Morgan fingerprint density at radius 2 is 1.88 bits per heavy atom. The molecule has 0 atom stereocenters. The third-order valence-corrected chi connectivity index (χ3v) is 6.94. The van der Waals surface area contributed by atoms with Crippen LogP contribution in [0.2, 0.25) is 0 Å². The van der Waals surface area contributed by atoms with Gasteiger partial charge in [0.25, 0.3) is 0 Å². The van der Waals surface area contributed by atoms with Crippen LogP contribution in [0.25, 0.3) is 16.6 Å². The van der Waals surface area contributed by atoms with Crippen LogP contribution in [0.3, 0.4) is 0 Å². The van der Waals surface area contributed by atoms with Gasteiger partial charge in [0.1, 0.15) is 36.1 Å². The number of nitrogens with zero attached hydrogens (tertiary/aromatic N) is 6. The summed E-state index contributed by atoms with van der Waals surface area (Å²) in [4.78, 5) is 26.6. The predicted molar refractivity (Wildman–Crippen MR) is 155 cm³/mol. The Hall–Kier alpha value is -5.23. The third kappa shape index (κ3) is 5.27. The molecule has 2 aromatic carbocycles. The minimum Gasteiger partial charge on any atom is -0.493 e. The number of aromatic nitrogens is 5. The Balaban J connectivity index is 1.30. The van der Waals surface area contributed by atoms with E-state index in [-0.39, 0.29) is 12.0 Å². The highest BCUT2D eigenvalue weighted by Gasteiger charge is 2.32. The normalized spacial score (nSPS) is 13.6. The largest absolute Gasteiger partial charge is 0.493 e. The molecule has 12 heteroatoms. The van der Waals surface area contributed by atoms with Crippen LogP contribution in [0.4, 0.5) is 11.5 Å². The molecule has 3 aromatic heterocycles. The quantitative estimate of drug-likeness (QED) is 0.249. The molecule has 1 saturated heterocycles. The summed E-state index contributed by atoms with van der Waals surface area (Å²) < 4.78 is 19.5. The molecule has 6 rings (SSSR count). The summed E-state index contributed by atoms with van der Waals surface area (Å²) >= 11 is 0. The highest BCUT2D eigenvalue weighted by molar-refractivity contribution is 5.93. The zero-order valence-corrected chi connectivity index (χ0v) is 23.3. The standard InChI is InChI=1S/C30H29N7O5/c1-5-28(38)36-14-20(15-36)42-26-12-21-24(13-25(26)40-4)31-16-33-29(21)35-23-7-6-18(10-22(23)30(2,3)39)41-19-8-9-37-27(11-19)32-17-34-37/h5-13,16-17,20,39H,1,14-15H2,2-4H3,(H,31,33,35). The number of pyridine rings is 1. The predicted octanol–water partition coefficient (Wildman–Crippen LogP) is 4.22. The van der Waals surface area contributed by atoms with Crippen LogP contribution >= 0.6 is 0 Å². The molecule has 1 fully saturated rings. The first-order chi connectivity index (χ1) is 20.2. The second kappa shape index (κ2) is 10.6. The lowest BCUT2D eigenvalue weighted by Crippen LogP contribution is -2.55. The van der Waals surface area contributed by atoms with Gasteiger partial charge >= 0.3 is 0 Å². The first kappa shape index (κ1) is 27.0. The van der Waals surface area contributed by atoms with Gasteiger partial charge in [0, 0.05) is 35.0 Å². The zero-order valence-electron chi connectivity index (χ0n) is 23.3. The molecule has 2 N–H and O–H groups in total. The summed E-state index contributed by atoms with van der Waals surface area (Å²) in [6, 6.07) is 12.6. The van der Waals surface area contributed by atoms with E-state index in [0.29, 0.717) is 69.7 Å². The SMILES string of the molecule is C=CC(=O)N1CC(Oc2cc3c(Nc4ccc(Oc5ccn6ncnc6c5)cc4C(C)(C)O)ncnc3cc2OC)C1. The first-order valence-corrected chi connectivity index (χ1v) is 13.2. The first-order valence-electron chi connectivity index (χ1n) is 13.2. The molecule has 0 unspecified atom stereocenters. The maximum atomic E-state index is 11.8. The fraction of sp³-hybridized carbons (Fsp3) is 0.233. The maximum absolute atomic E-state index is 11.8. The molecule has 214 valence electrons. The molecular formula is C30H29N7O5. The summed E-state index contributed by atoms with van der Waals surface area (Å²) in [6.45, 7) is 7.85. The van der Waals surface area contributed by atoms with Crippen LogP contribution in [0.15, 0.2) is 74.0 Å². The fourth-order valence-electron chi connectivity index (χ4n) is 4.74. The molecule has 4 heterocycles. The number of hydrogen-bond donors (Lipinski definition) is 2. The maximum Gasteiger partial charge on any atom is 0.246 e. The van der Waals surface area contributed by atoms with E-state index in [1.807, 2.05) is 12.1 Å². The number of fused-ring (bicyclic) bond motifs is 2. The summed E-state index contributed by atoms with van der Waals surface area (Å²) in [5.74, 6) is 2.54. The number of likely N-dealkylation sites (tertiary alicyclic amines) is 1. The van der Waals surface area contributed by atoms with Crippen LogP contribution in [-0.2, 0) is 10.4 Å². The van der Waals surface area contributed by atoms with E-state index < -0.39 is 5.60 Å². The van der Waals surface area contributed by atoms with Crippen molar-refractivity contribution in [2.75, 3.05) is 25.5 Å². The molecule has 1 aliphatic rings. The van der Waals surface area contributed by atoms with Crippen LogP contribution in [-0.4, -0.2) is 66.8 Å². The van der Waals surface area contributed by atoms with Crippen LogP contribution in [0.1, 0.15) is 19.4 Å². The Labute approximate surface area is 241 Å². The number of benzene rings is 2. The van der Waals surface area contributed by atoms with Crippen molar-refractivity contribution < 1.29 is 24.1 Å². The van der Waals surface area contributed by atoms with E-state index in [2.05, 4.69) is 31.9 Å². The van der Waals surface area contributed by atoms with E-state index >= 15 is 0 Å². The number of anilines is 2. The van der Waals surface area contributed by atoms with E-state index in [1.54, 1.807) is 66.9 Å². The summed E-state index contributed by atoms with van der Waals surface area (Å²) in [5.41, 5.74) is 1.32. The molecule has 0 saturated carbocycles. The molecule has 0 bridgehead atoms. The van der Waals surface area contributed by atoms with Gasteiger partial charge < -0.3 is 29.5 Å². The number of carbonyl (C=O) groups excluding carboxylic acids is 1. The lowest BCUT2D eigenvalue weighted by Gasteiger charge is -2.38. The van der Waals surface area contributed by atoms with E-state index in [0.717, 1.165) is 0 Å². The molecule has 1 aliphatic heterocycles. The highest BCUT2D eigenvalue weighted by Crippen LogP contribution is 2.38. The van der Waals surface area contributed by atoms with Crippen molar-refractivity contribution in [1.82, 2.24) is 29.5 Å². The smallest absolute Gasteiger partial charge is 0.246 e. The minimum absolute atomic E-state index is 0.129. The van der Waals surface area contributed by atoms with E-state index in [1.165, 1.54) is 18.7 Å². The van der Waals surface area contributed by atoms with Gasteiger partial charge in [-0.3, -0.25) is 4.79 Å². The van der Waals surface area contributed by atoms with Gasteiger partial charge in [-0.25, -0.2) is 19.5 Å². The fourth-order valence-corrected chi connectivity index (χ4v) is 4.74. The molecule has 5 aromatic rings. The Bertz CT molecular complexity index is 1810. The number of rotatable bonds is 9. The lowest BCUT2D eigenvalue weighted by molar-refractivity contribution is -0.134. The van der Waals surface area contributed by atoms with Crippen LogP contribution < -0.4 is 19.5 Å². The summed E-state index contributed by atoms with van der Waals surface area (Å²) in [7, 11) is 1.56. The van der Waals surface area contributed by atoms with Crippen molar-refractivity contribution >= 4 is 34.0 Å². The average molecular weight is 568 g/mol. The average Bonchev–Trinajstić information content (AvgIpc) is 3.42. The van der Waals surface area contributed by atoms with Crippen molar-refractivity contribution in [2.45, 2.75) is 25.6 Å². The molecule has 0 aliphatic carbocycles. The van der Waals surface area contributed by atoms with Gasteiger partial charge in [-0.2, -0.15) is 5.10 Å². The molecule has 12 nitrogen and oxygen atoms in total. The number of amides is 1. The molecule has 42 heavy (non-hydrogen) atoms. The Kier molecular flexibility index (Phi) is 6.83. The Morgan fingerprint density at radius 3 is 2.64 bits per heavy atom. The van der Waals surface area contributed by atoms with Gasteiger partial charge in [0.2, 0.25) is 5.91 Å². The van der Waals surface area contributed by atoms with Crippen molar-refractivity contribution in [3.8, 4) is 23.0 Å². The van der Waals surface area contributed by atoms with Crippen LogP contribution in [0, 0.1) is 0 Å². The molecule has 0 radical (unpaired) electrons. The molecule has 0 spiro atoms. The molecule has 1 amide bonds. The highest BCUT2D eigenvalue weighted by atomic mass is 16.5. The van der Waals surface area contributed by atoms with Gasteiger partial charge in [-0.1, -0.05) is 6.58 Å². The second-order valence-electron chi connectivity index (χ2n) is 10.3. The number of nitrogens with one attached hydrogen (secondary N) is 1. The van der Waals surface area contributed by atoms with Gasteiger partial charge in [-0.15, -0.1) is 0 Å². The topological polar surface area (TPSA) is 136 Å². The van der Waals surface area contributed by atoms with Crippen molar-refractivity contribution in [1.29, 1.82) is 0 Å².